The Morgan fingerprint density at radius 1 is 1.22 bits per heavy atom. The fourth-order valence-electron chi connectivity index (χ4n) is 2.19. The van der Waals surface area contributed by atoms with Gasteiger partial charge in [-0.15, -0.1) is 10.2 Å². The minimum absolute atomic E-state index is 0.144. The van der Waals surface area contributed by atoms with Gasteiger partial charge in [-0.2, -0.15) is 0 Å². The number of nitrogens with zero attached hydrogens (tertiary/aromatic N) is 3. The van der Waals surface area contributed by atoms with Crippen LogP contribution in [0.25, 0.3) is 11.5 Å². The number of nitro groups is 1. The van der Waals surface area contributed by atoms with E-state index in [0.717, 1.165) is 10.0 Å². The summed E-state index contributed by atoms with van der Waals surface area (Å²) < 4.78 is 6.48. The Bertz CT molecular complexity index is 979. The van der Waals surface area contributed by atoms with Gasteiger partial charge in [0, 0.05) is 28.3 Å². The highest BCUT2D eigenvalue weighted by atomic mass is 79.9. The number of thioether (sulfide) groups is 1. The van der Waals surface area contributed by atoms with Gasteiger partial charge in [0.15, 0.2) is 0 Å². The second-order valence-corrected chi connectivity index (χ2v) is 7.27. The Hall–Kier alpha value is -2.72. The summed E-state index contributed by atoms with van der Waals surface area (Å²) in [5, 5.41) is 21.8. The van der Waals surface area contributed by atoms with E-state index in [1.165, 1.54) is 23.9 Å². The van der Waals surface area contributed by atoms with Crippen molar-refractivity contribution in [1.29, 1.82) is 0 Å². The molecule has 138 valence electrons. The number of nitrogens with one attached hydrogen (secondary N) is 1. The monoisotopic (exact) mass is 448 g/mol. The molecule has 3 aromatic rings. The van der Waals surface area contributed by atoms with Crippen molar-refractivity contribution in [3.8, 4) is 11.5 Å². The predicted octanol–water partition coefficient (Wildman–Crippen LogP) is 4.53. The van der Waals surface area contributed by atoms with Crippen LogP contribution in [-0.4, -0.2) is 26.8 Å². The maximum atomic E-state index is 12.0. The minimum Gasteiger partial charge on any atom is -0.411 e. The third kappa shape index (κ3) is 5.14. The molecule has 0 radical (unpaired) electrons. The zero-order valence-corrected chi connectivity index (χ0v) is 16.2. The number of benzene rings is 2. The first-order valence-corrected chi connectivity index (χ1v) is 9.56. The molecule has 1 amide bonds. The molecule has 0 spiro atoms. The van der Waals surface area contributed by atoms with Crippen molar-refractivity contribution < 1.29 is 14.1 Å². The first-order chi connectivity index (χ1) is 13.0. The zero-order valence-electron chi connectivity index (χ0n) is 13.8. The van der Waals surface area contributed by atoms with Gasteiger partial charge in [0.2, 0.25) is 11.8 Å². The van der Waals surface area contributed by atoms with Crippen molar-refractivity contribution in [2.75, 3.05) is 11.1 Å². The fourth-order valence-corrected chi connectivity index (χ4v) is 3.29. The topological polar surface area (TPSA) is 111 Å². The van der Waals surface area contributed by atoms with E-state index < -0.39 is 4.92 Å². The van der Waals surface area contributed by atoms with E-state index in [1.54, 1.807) is 12.1 Å². The zero-order chi connectivity index (χ0) is 19.2. The predicted molar refractivity (Wildman–Crippen MR) is 105 cm³/mol. The fraction of sp³-hybridized carbons (Fsp3) is 0.118. The van der Waals surface area contributed by atoms with Crippen molar-refractivity contribution in [1.82, 2.24) is 10.2 Å². The number of rotatable bonds is 7. The normalized spacial score (nSPS) is 10.6. The van der Waals surface area contributed by atoms with Crippen LogP contribution in [-0.2, 0) is 4.79 Å². The second-order valence-electron chi connectivity index (χ2n) is 5.30. The molecule has 0 saturated carbocycles. The highest BCUT2D eigenvalue weighted by molar-refractivity contribution is 9.10. The number of carbonyl (C=O) groups excluding carboxylic acids is 1. The number of carbonyl (C=O) groups is 1. The molecule has 1 heterocycles. The average Bonchev–Trinajstić information content (AvgIpc) is 3.11. The smallest absolute Gasteiger partial charge is 0.292 e. The van der Waals surface area contributed by atoms with Crippen LogP contribution in [0.4, 0.5) is 11.4 Å². The van der Waals surface area contributed by atoms with Gasteiger partial charge >= 0.3 is 0 Å². The van der Waals surface area contributed by atoms with E-state index >= 15 is 0 Å². The number of amides is 1. The van der Waals surface area contributed by atoms with Crippen LogP contribution in [0, 0.1) is 10.1 Å². The average molecular weight is 449 g/mol. The lowest BCUT2D eigenvalue weighted by Gasteiger charge is -2.04. The molecule has 1 N–H and O–H groups in total. The molecule has 0 aliphatic heterocycles. The maximum absolute atomic E-state index is 12.0. The first kappa shape index (κ1) is 19.1. The number of halogens is 1. The third-order valence-corrected chi connectivity index (χ3v) is 4.72. The Morgan fingerprint density at radius 2 is 2.04 bits per heavy atom. The van der Waals surface area contributed by atoms with Crippen molar-refractivity contribution in [2.24, 2.45) is 0 Å². The van der Waals surface area contributed by atoms with Crippen molar-refractivity contribution >= 4 is 45.0 Å². The molecule has 0 aliphatic rings. The van der Waals surface area contributed by atoms with Gasteiger partial charge in [0.25, 0.3) is 10.9 Å². The number of nitro benzene ring substituents is 1. The highest BCUT2D eigenvalue weighted by Crippen LogP contribution is 2.26. The van der Waals surface area contributed by atoms with Crippen molar-refractivity contribution in [3.05, 3.63) is 63.1 Å². The van der Waals surface area contributed by atoms with E-state index in [9.17, 15) is 14.9 Å². The van der Waals surface area contributed by atoms with Crippen LogP contribution in [0.3, 0.4) is 0 Å². The lowest BCUT2D eigenvalue weighted by molar-refractivity contribution is -0.383. The van der Waals surface area contributed by atoms with Gasteiger partial charge in [-0.1, -0.05) is 45.9 Å². The summed E-state index contributed by atoms with van der Waals surface area (Å²) in [6.45, 7) is 0. The van der Waals surface area contributed by atoms with Gasteiger partial charge in [-0.25, -0.2) is 0 Å². The van der Waals surface area contributed by atoms with Crippen LogP contribution in [0.2, 0.25) is 0 Å². The number of para-hydroxylation sites is 2. The minimum atomic E-state index is -0.535. The van der Waals surface area contributed by atoms with Crippen LogP contribution < -0.4 is 5.32 Å². The summed E-state index contributed by atoms with van der Waals surface area (Å²) in [6, 6.07) is 13.5. The summed E-state index contributed by atoms with van der Waals surface area (Å²) in [7, 11) is 0. The summed E-state index contributed by atoms with van der Waals surface area (Å²) in [5.74, 6) is 0.457. The second kappa shape index (κ2) is 8.78. The molecule has 0 fully saturated rings. The van der Waals surface area contributed by atoms with Crippen molar-refractivity contribution in [3.63, 3.8) is 0 Å². The van der Waals surface area contributed by atoms with Gasteiger partial charge in [0.05, 0.1) is 4.92 Å². The van der Waals surface area contributed by atoms with E-state index in [4.69, 9.17) is 4.42 Å². The molecular formula is C17H13BrN4O4S. The van der Waals surface area contributed by atoms with Crippen LogP contribution in [0.5, 0.6) is 0 Å². The Morgan fingerprint density at radius 3 is 2.81 bits per heavy atom. The number of hydrogen-bond donors (Lipinski definition) is 1. The third-order valence-electron chi connectivity index (χ3n) is 3.41. The molecule has 2 aromatic carbocycles. The van der Waals surface area contributed by atoms with E-state index in [-0.39, 0.29) is 23.7 Å². The first-order valence-electron chi connectivity index (χ1n) is 7.78. The quantitative estimate of drug-likeness (QED) is 0.321. The SMILES string of the molecule is O=C(CCSc1nnc(-c2cccc(Br)c2)o1)Nc1ccccc1[N+](=O)[O-]. The molecule has 10 heteroatoms. The number of aromatic nitrogens is 2. The molecule has 8 nitrogen and oxygen atoms in total. The van der Waals surface area contributed by atoms with Gasteiger partial charge in [0.1, 0.15) is 5.69 Å². The lowest BCUT2D eigenvalue weighted by atomic mass is 10.2. The molecule has 0 atom stereocenters. The molecule has 3 rings (SSSR count). The van der Waals surface area contributed by atoms with Gasteiger partial charge in [-0.3, -0.25) is 14.9 Å². The molecular weight excluding hydrogens is 436 g/mol. The van der Waals surface area contributed by atoms with Crippen LogP contribution >= 0.6 is 27.7 Å². The summed E-state index contributed by atoms with van der Waals surface area (Å²) >= 11 is 4.63. The Kier molecular flexibility index (Phi) is 6.20. The van der Waals surface area contributed by atoms with Crippen LogP contribution in [0.15, 0.2) is 62.6 Å². The van der Waals surface area contributed by atoms with Gasteiger partial charge < -0.3 is 9.73 Å². The molecule has 27 heavy (non-hydrogen) atoms. The molecule has 0 unspecified atom stereocenters. The van der Waals surface area contributed by atoms with Gasteiger partial charge in [-0.05, 0) is 24.3 Å². The number of anilines is 1. The van der Waals surface area contributed by atoms with E-state index in [2.05, 4.69) is 31.4 Å². The Labute approximate surface area is 166 Å². The van der Waals surface area contributed by atoms with E-state index in [0.29, 0.717) is 16.9 Å². The van der Waals surface area contributed by atoms with Crippen molar-refractivity contribution in [2.45, 2.75) is 11.6 Å². The molecule has 0 bridgehead atoms. The molecule has 0 aliphatic carbocycles. The van der Waals surface area contributed by atoms with E-state index in [1.807, 2.05) is 24.3 Å². The lowest BCUT2D eigenvalue weighted by Crippen LogP contribution is -2.13. The molecule has 1 aromatic heterocycles. The summed E-state index contributed by atoms with van der Waals surface area (Å²) in [5.41, 5.74) is 0.819. The summed E-state index contributed by atoms with van der Waals surface area (Å²) in [4.78, 5) is 22.4. The highest BCUT2D eigenvalue weighted by Gasteiger charge is 2.15. The maximum Gasteiger partial charge on any atom is 0.292 e. The number of hydrogen-bond acceptors (Lipinski definition) is 7. The Balaban J connectivity index is 1.53. The largest absolute Gasteiger partial charge is 0.411 e. The summed E-state index contributed by atoms with van der Waals surface area (Å²) in [6.07, 6.45) is 0.144. The standard InChI is InChI=1S/C17H13BrN4O4S/c18-12-5-3-4-11(10-12)16-20-21-17(26-16)27-9-8-15(23)19-13-6-1-2-7-14(13)22(24)25/h1-7,10H,8-9H2,(H,19,23). The van der Waals surface area contributed by atoms with Crippen LogP contribution in [0.1, 0.15) is 6.42 Å². The molecule has 0 saturated heterocycles.